The standard InChI is InChI=1S/C13H18ClNO/c1-9-4-5-10(11(14)7-9)8-13(16)12-3-2-6-15-12/h4-5,7,12-13,15-16H,2-3,6,8H2,1H3. The summed E-state index contributed by atoms with van der Waals surface area (Å²) in [6.45, 7) is 3.04. The van der Waals surface area contributed by atoms with Crippen molar-refractivity contribution in [3.63, 3.8) is 0 Å². The summed E-state index contributed by atoms with van der Waals surface area (Å²) < 4.78 is 0. The van der Waals surface area contributed by atoms with Crippen molar-refractivity contribution in [3.8, 4) is 0 Å². The van der Waals surface area contributed by atoms with Gasteiger partial charge in [0, 0.05) is 17.5 Å². The summed E-state index contributed by atoms with van der Waals surface area (Å²) in [4.78, 5) is 0. The lowest BCUT2D eigenvalue weighted by molar-refractivity contribution is 0.136. The van der Waals surface area contributed by atoms with Crippen molar-refractivity contribution >= 4 is 11.6 Å². The van der Waals surface area contributed by atoms with Crippen LogP contribution in [0, 0.1) is 6.92 Å². The molecule has 0 bridgehead atoms. The van der Waals surface area contributed by atoms with E-state index in [1.54, 1.807) is 0 Å². The first-order valence-corrected chi connectivity index (χ1v) is 6.21. The number of nitrogens with one attached hydrogen (secondary N) is 1. The van der Waals surface area contributed by atoms with E-state index in [9.17, 15) is 5.11 Å². The van der Waals surface area contributed by atoms with Crippen molar-refractivity contribution in [1.29, 1.82) is 0 Å². The largest absolute Gasteiger partial charge is 0.391 e. The number of rotatable bonds is 3. The molecular weight excluding hydrogens is 222 g/mol. The van der Waals surface area contributed by atoms with Crippen molar-refractivity contribution in [3.05, 3.63) is 34.3 Å². The maximum Gasteiger partial charge on any atom is 0.0733 e. The molecule has 0 aromatic heterocycles. The average Bonchev–Trinajstić information content (AvgIpc) is 2.75. The molecule has 0 amide bonds. The Bertz CT molecular complexity index is 361. The normalized spacial score (nSPS) is 22.3. The number of hydrogen-bond acceptors (Lipinski definition) is 2. The fraction of sp³-hybridized carbons (Fsp3) is 0.538. The molecule has 1 heterocycles. The molecule has 2 unspecified atom stereocenters. The molecule has 1 aromatic rings. The Balaban J connectivity index is 2.02. The Labute approximate surface area is 102 Å². The second-order valence-electron chi connectivity index (χ2n) is 4.57. The van der Waals surface area contributed by atoms with Gasteiger partial charge in [-0.15, -0.1) is 0 Å². The SMILES string of the molecule is Cc1ccc(CC(O)C2CCCN2)c(Cl)c1. The summed E-state index contributed by atoms with van der Waals surface area (Å²) in [6.07, 6.45) is 2.52. The minimum absolute atomic E-state index is 0.234. The van der Waals surface area contributed by atoms with Gasteiger partial charge >= 0.3 is 0 Å². The number of aryl methyl sites for hydroxylation is 1. The number of hydrogen-bond donors (Lipinski definition) is 2. The highest BCUT2D eigenvalue weighted by Crippen LogP contribution is 2.21. The van der Waals surface area contributed by atoms with Crippen LogP contribution in [0.2, 0.25) is 5.02 Å². The summed E-state index contributed by atoms with van der Waals surface area (Å²) >= 11 is 6.15. The van der Waals surface area contributed by atoms with Crippen molar-refractivity contribution in [2.45, 2.75) is 38.3 Å². The van der Waals surface area contributed by atoms with Crippen LogP contribution in [0.25, 0.3) is 0 Å². The third-order valence-corrected chi connectivity index (χ3v) is 3.55. The van der Waals surface area contributed by atoms with Gasteiger partial charge in [-0.2, -0.15) is 0 Å². The van der Waals surface area contributed by atoms with Crippen LogP contribution in [0.5, 0.6) is 0 Å². The minimum atomic E-state index is -0.331. The molecule has 3 heteroatoms. The molecule has 2 N–H and O–H groups in total. The van der Waals surface area contributed by atoms with Crippen LogP contribution < -0.4 is 5.32 Å². The van der Waals surface area contributed by atoms with Crippen LogP contribution in [-0.2, 0) is 6.42 Å². The first-order chi connectivity index (χ1) is 7.66. The van der Waals surface area contributed by atoms with Crippen LogP contribution in [0.1, 0.15) is 24.0 Å². The van der Waals surface area contributed by atoms with Crippen LogP contribution in [0.15, 0.2) is 18.2 Å². The zero-order valence-electron chi connectivity index (χ0n) is 9.54. The number of benzene rings is 1. The van der Waals surface area contributed by atoms with Crippen molar-refractivity contribution < 1.29 is 5.11 Å². The molecule has 2 nitrogen and oxygen atoms in total. The Morgan fingerprint density at radius 3 is 3.00 bits per heavy atom. The van der Waals surface area contributed by atoms with Gasteiger partial charge in [-0.05, 0) is 43.5 Å². The molecule has 16 heavy (non-hydrogen) atoms. The van der Waals surface area contributed by atoms with E-state index in [-0.39, 0.29) is 12.1 Å². The van der Waals surface area contributed by atoms with Gasteiger partial charge in [0.2, 0.25) is 0 Å². The molecule has 1 saturated heterocycles. The average molecular weight is 240 g/mol. The molecule has 0 saturated carbocycles. The quantitative estimate of drug-likeness (QED) is 0.849. The summed E-state index contributed by atoms with van der Waals surface area (Å²) in [7, 11) is 0. The lowest BCUT2D eigenvalue weighted by Crippen LogP contribution is -2.36. The minimum Gasteiger partial charge on any atom is -0.391 e. The van der Waals surface area contributed by atoms with Gasteiger partial charge in [0.25, 0.3) is 0 Å². The highest BCUT2D eigenvalue weighted by atomic mass is 35.5. The predicted molar refractivity (Wildman–Crippen MR) is 66.9 cm³/mol. The van der Waals surface area contributed by atoms with Crippen LogP contribution in [-0.4, -0.2) is 23.8 Å². The van der Waals surface area contributed by atoms with Gasteiger partial charge in [0.05, 0.1) is 6.10 Å². The molecule has 2 rings (SSSR count). The highest BCUT2D eigenvalue weighted by molar-refractivity contribution is 6.31. The zero-order chi connectivity index (χ0) is 11.5. The second-order valence-corrected chi connectivity index (χ2v) is 4.98. The molecule has 0 aliphatic carbocycles. The van der Waals surface area contributed by atoms with E-state index in [1.807, 2.05) is 25.1 Å². The number of halogens is 1. The van der Waals surface area contributed by atoms with E-state index in [0.29, 0.717) is 6.42 Å². The molecule has 1 aromatic carbocycles. The molecule has 0 radical (unpaired) electrons. The summed E-state index contributed by atoms with van der Waals surface area (Å²) in [6, 6.07) is 6.23. The van der Waals surface area contributed by atoms with Crippen LogP contribution in [0.4, 0.5) is 0 Å². The fourth-order valence-electron chi connectivity index (χ4n) is 2.23. The summed E-state index contributed by atoms with van der Waals surface area (Å²) in [5.74, 6) is 0. The smallest absolute Gasteiger partial charge is 0.0733 e. The van der Waals surface area contributed by atoms with E-state index < -0.39 is 0 Å². The molecule has 1 aliphatic rings. The molecule has 1 aliphatic heterocycles. The van der Waals surface area contributed by atoms with E-state index >= 15 is 0 Å². The fourth-order valence-corrected chi connectivity index (χ4v) is 2.54. The molecule has 1 fully saturated rings. The van der Waals surface area contributed by atoms with Crippen LogP contribution >= 0.6 is 11.6 Å². The third-order valence-electron chi connectivity index (χ3n) is 3.20. The topological polar surface area (TPSA) is 32.3 Å². The Morgan fingerprint density at radius 2 is 2.38 bits per heavy atom. The Morgan fingerprint density at radius 1 is 1.56 bits per heavy atom. The first kappa shape index (κ1) is 11.9. The molecular formula is C13H18ClNO. The van der Waals surface area contributed by atoms with E-state index in [1.165, 1.54) is 0 Å². The predicted octanol–water partition coefficient (Wildman–Crippen LogP) is 2.30. The third kappa shape index (κ3) is 2.76. The van der Waals surface area contributed by atoms with Crippen molar-refractivity contribution in [2.75, 3.05) is 6.54 Å². The highest BCUT2D eigenvalue weighted by Gasteiger charge is 2.23. The van der Waals surface area contributed by atoms with Gasteiger partial charge < -0.3 is 10.4 Å². The number of aliphatic hydroxyl groups excluding tert-OH is 1. The van der Waals surface area contributed by atoms with Crippen molar-refractivity contribution in [2.24, 2.45) is 0 Å². The molecule has 2 atom stereocenters. The van der Waals surface area contributed by atoms with E-state index in [4.69, 9.17) is 11.6 Å². The summed E-state index contributed by atoms with van der Waals surface area (Å²) in [5.41, 5.74) is 2.19. The Hall–Kier alpha value is -0.570. The number of aliphatic hydroxyl groups is 1. The first-order valence-electron chi connectivity index (χ1n) is 5.83. The Kier molecular flexibility index (Phi) is 3.85. The maximum absolute atomic E-state index is 10.1. The van der Waals surface area contributed by atoms with Gasteiger partial charge in [-0.3, -0.25) is 0 Å². The lowest BCUT2D eigenvalue weighted by Gasteiger charge is -2.18. The van der Waals surface area contributed by atoms with E-state index in [2.05, 4.69) is 5.32 Å². The van der Waals surface area contributed by atoms with Gasteiger partial charge in [-0.25, -0.2) is 0 Å². The van der Waals surface area contributed by atoms with Gasteiger partial charge in [-0.1, -0.05) is 23.7 Å². The van der Waals surface area contributed by atoms with Gasteiger partial charge in [0.15, 0.2) is 0 Å². The zero-order valence-corrected chi connectivity index (χ0v) is 10.3. The lowest BCUT2D eigenvalue weighted by atomic mass is 10.0. The summed E-state index contributed by atoms with van der Waals surface area (Å²) in [5, 5.41) is 14.2. The van der Waals surface area contributed by atoms with Crippen molar-refractivity contribution in [1.82, 2.24) is 5.32 Å². The molecule has 88 valence electrons. The molecule has 0 spiro atoms. The second kappa shape index (κ2) is 5.17. The van der Waals surface area contributed by atoms with Gasteiger partial charge in [0.1, 0.15) is 0 Å². The van der Waals surface area contributed by atoms with E-state index in [0.717, 1.165) is 35.5 Å². The monoisotopic (exact) mass is 239 g/mol. The van der Waals surface area contributed by atoms with Crippen LogP contribution in [0.3, 0.4) is 0 Å². The maximum atomic E-state index is 10.1.